The van der Waals surface area contributed by atoms with Crippen LogP contribution in [0.4, 0.5) is 5.69 Å². The number of rotatable bonds is 4. The van der Waals surface area contributed by atoms with Crippen LogP contribution in [0.2, 0.25) is 0 Å². The molecule has 28 heavy (non-hydrogen) atoms. The van der Waals surface area contributed by atoms with Crippen molar-refractivity contribution in [2.75, 3.05) is 44.7 Å². The molecular formula is C21H29BrN6. The van der Waals surface area contributed by atoms with Gasteiger partial charge in [-0.1, -0.05) is 15.9 Å². The average molecular weight is 445 g/mol. The number of likely N-dealkylation sites (tertiary alicyclic amines) is 1. The SMILES string of the molecule is CN=C(NCC1CCN(c2ccc(Br)cc2)C1)N1CCC(c2cnn(C)c2)C1. The van der Waals surface area contributed by atoms with Crippen molar-refractivity contribution in [1.29, 1.82) is 0 Å². The first-order valence-corrected chi connectivity index (χ1v) is 10.9. The van der Waals surface area contributed by atoms with Crippen molar-refractivity contribution < 1.29 is 0 Å². The second-order valence-electron chi connectivity index (χ2n) is 7.88. The van der Waals surface area contributed by atoms with Crippen molar-refractivity contribution in [1.82, 2.24) is 20.0 Å². The molecule has 0 bridgehead atoms. The fraction of sp³-hybridized carbons (Fsp3) is 0.524. The lowest BCUT2D eigenvalue weighted by atomic mass is 10.0. The number of benzene rings is 1. The van der Waals surface area contributed by atoms with Crippen molar-refractivity contribution in [2.45, 2.75) is 18.8 Å². The summed E-state index contributed by atoms with van der Waals surface area (Å²) in [6.07, 6.45) is 6.52. The smallest absolute Gasteiger partial charge is 0.193 e. The van der Waals surface area contributed by atoms with E-state index < -0.39 is 0 Å². The van der Waals surface area contributed by atoms with E-state index in [9.17, 15) is 0 Å². The Morgan fingerprint density at radius 2 is 2.04 bits per heavy atom. The van der Waals surface area contributed by atoms with E-state index in [0.717, 1.165) is 49.6 Å². The molecule has 1 aromatic carbocycles. The number of aryl methyl sites for hydroxylation is 1. The van der Waals surface area contributed by atoms with Crippen LogP contribution in [0.15, 0.2) is 46.1 Å². The summed E-state index contributed by atoms with van der Waals surface area (Å²) in [5.74, 6) is 2.23. The number of halogens is 1. The van der Waals surface area contributed by atoms with Crippen molar-refractivity contribution in [3.8, 4) is 0 Å². The first kappa shape index (κ1) is 19.3. The Morgan fingerprint density at radius 3 is 2.75 bits per heavy atom. The monoisotopic (exact) mass is 444 g/mol. The normalized spacial score (nSPS) is 22.9. The van der Waals surface area contributed by atoms with E-state index in [0.29, 0.717) is 11.8 Å². The third kappa shape index (κ3) is 4.35. The standard InChI is InChI=1S/C21H29BrN6/c1-23-21(28-10-8-17(15-28)18-12-25-26(2)14-18)24-11-16-7-9-27(13-16)20-5-3-19(22)4-6-20/h3-6,12,14,16-17H,7-11,13,15H2,1-2H3,(H,23,24). The van der Waals surface area contributed by atoms with Gasteiger partial charge in [-0.05, 0) is 48.6 Å². The zero-order chi connectivity index (χ0) is 19.5. The van der Waals surface area contributed by atoms with Gasteiger partial charge in [0, 0.05) is 69.1 Å². The summed E-state index contributed by atoms with van der Waals surface area (Å²) in [4.78, 5) is 9.41. The van der Waals surface area contributed by atoms with Gasteiger partial charge < -0.3 is 15.1 Å². The number of guanidine groups is 1. The predicted octanol–water partition coefficient (Wildman–Crippen LogP) is 3.07. The first-order valence-electron chi connectivity index (χ1n) is 10.1. The van der Waals surface area contributed by atoms with Crippen LogP contribution in [-0.4, -0.2) is 60.4 Å². The molecule has 0 radical (unpaired) electrons. The summed E-state index contributed by atoms with van der Waals surface area (Å²) < 4.78 is 3.02. The predicted molar refractivity (Wildman–Crippen MR) is 118 cm³/mol. The van der Waals surface area contributed by atoms with Crippen LogP contribution in [0.1, 0.15) is 24.3 Å². The number of hydrogen-bond acceptors (Lipinski definition) is 3. The van der Waals surface area contributed by atoms with E-state index in [2.05, 4.69) is 71.6 Å². The van der Waals surface area contributed by atoms with Crippen LogP contribution in [0.5, 0.6) is 0 Å². The van der Waals surface area contributed by atoms with E-state index in [1.54, 1.807) is 0 Å². The highest BCUT2D eigenvalue weighted by molar-refractivity contribution is 9.10. The molecular weight excluding hydrogens is 416 g/mol. The maximum Gasteiger partial charge on any atom is 0.193 e. The number of anilines is 1. The Bertz CT molecular complexity index is 815. The third-order valence-corrected chi connectivity index (χ3v) is 6.45. The van der Waals surface area contributed by atoms with Gasteiger partial charge in [-0.3, -0.25) is 9.67 Å². The van der Waals surface area contributed by atoms with Gasteiger partial charge in [0.15, 0.2) is 5.96 Å². The molecule has 2 aliphatic rings. The van der Waals surface area contributed by atoms with Gasteiger partial charge in [0.2, 0.25) is 0 Å². The van der Waals surface area contributed by atoms with Crippen LogP contribution in [0.3, 0.4) is 0 Å². The summed E-state index contributed by atoms with van der Waals surface area (Å²) in [5.41, 5.74) is 2.65. The van der Waals surface area contributed by atoms with E-state index >= 15 is 0 Å². The molecule has 1 N–H and O–H groups in total. The lowest BCUT2D eigenvalue weighted by Crippen LogP contribution is -2.42. The van der Waals surface area contributed by atoms with Crippen molar-refractivity contribution in [3.63, 3.8) is 0 Å². The molecule has 1 aromatic heterocycles. The molecule has 0 aliphatic carbocycles. The fourth-order valence-corrected chi connectivity index (χ4v) is 4.59. The van der Waals surface area contributed by atoms with Crippen molar-refractivity contribution in [3.05, 3.63) is 46.7 Å². The van der Waals surface area contributed by atoms with Crippen LogP contribution in [0.25, 0.3) is 0 Å². The second kappa shape index (κ2) is 8.55. The highest BCUT2D eigenvalue weighted by Gasteiger charge is 2.28. The quantitative estimate of drug-likeness (QED) is 0.581. The zero-order valence-electron chi connectivity index (χ0n) is 16.7. The molecule has 2 fully saturated rings. The highest BCUT2D eigenvalue weighted by Crippen LogP contribution is 2.27. The summed E-state index contributed by atoms with van der Waals surface area (Å²) in [5, 5.41) is 7.95. The molecule has 2 saturated heterocycles. The van der Waals surface area contributed by atoms with Crippen LogP contribution < -0.4 is 10.2 Å². The maximum atomic E-state index is 4.54. The summed E-state index contributed by atoms with van der Waals surface area (Å²) >= 11 is 3.52. The Hall–Kier alpha value is -2.02. The minimum atomic E-state index is 0.548. The molecule has 6 nitrogen and oxygen atoms in total. The third-order valence-electron chi connectivity index (χ3n) is 5.92. The minimum Gasteiger partial charge on any atom is -0.371 e. The number of hydrogen-bond donors (Lipinski definition) is 1. The fourth-order valence-electron chi connectivity index (χ4n) is 4.33. The molecule has 0 amide bonds. The van der Waals surface area contributed by atoms with Gasteiger partial charge >= 0.3 is 0 Å². The van der Waals surface area contributed by atoms with E-state index in [1.807, 2.05) is 25.0 Å². The summed E-state index contributed by atoms with van der Waals surface area (Å²) in [7, 11) is 3.87. The first-order chi connectivity index (χ1) is 13.6. The second-order valence-corrected chi connectivity index (χ2v) is 8.80. The number of aromatic nitrogens is 2. The lowest BCUT2D eigenvalue weighted by Gasteiger charge is -2.23. The van der Waals surface area contributed by atoms with Gasteiger partial charge in [-0.25, -0.2) is 0 Å². The zero-order valence-corrected chi connectivity index (χ0v) is 18.3. The minimum absolute atomic E-state index is 0.548. The van der Waals surface area contributed by atoms with Gasteiger partial charge in [0.25, 0.3) is 0 Å². The summed E-state index contributed by atoms with van der Waals surface area (Å²) in [6.45, 7) is 5.27. The Kier molecular flexibility index (Phi) is 5.90. The molecule has 0 spiro atoms. The van der Waals surface area contributed by atoms with E-state index in [4.69, 9.17) is 0 Å². The Morgan fingerprint density at radius 1 is 1.21 bits per heavy atom. The van der Waals surface area contributed by atoms with Crippen LogP contribution in [-0.2, 0) is 7.05 Å². The number of aliphatic imine (C=N–C) groups is 1. The van der Waals surface area contributed by atoms with E-state index in [1.165, 1.54) is 17.7 Å². The highest BCUT2D eigenvalue weighted by atomic mass is 79.9. The lowest BCUT2D eigenvalue weighted by molar-refractivity contribution is 0.470. The molecule has 3 heterocycles. The van der Waals surface area contributed by atoms with Gasteiger partial charge in [-0.15, -0.1) is 0 Å². The topological polar surface area (TPSA) is 48.7 Å². The summed E-state index contributed by atoms with van der Waals surface area (Å²) in [6, 6.07) is 8.63. The van der Waals surface area contributed by atoms with Crippen molar-refractivity contribution in [2.24, 2.45) is 18.0 Å². The van der Waals surface area contributed by atoms with Gasteiger partial charge in [0.05, 0.1) is 6.20 Å². The molecule has 4 rings (SSSR count). The van der Waals surface area contributed by atoms with E-state index in [-0.39, 0.29) is 0 Å². The Labute approximate surface area is 175 Å². The van der Waals surface area contributed by atoms with Gasteiger partial charge in [0.1, 0.15) is 0 Å². The molecule has 2 unspecified atom stereocenters. The van der Waals surface area contributed by atoms with Gasteiger partial charge in [-0.2, -0.15) is 5.10 Å². The molecule has 2 aromatic rings. The molecule has 2 aliphatic heterocycles. The number of nitrogens with one attached hydrogen (secondary N) is 1. The maximum absolute atomic E-state index is 4.54. The molecule has 0 saturated carbocycles. The van der Waals surface area contributed by atoms with Crippen molar-refractivity contribution >= 4 is 27.6 Å². The molecule has 150 valence electrons. The number of nitrogens with zero attached hydrogens (tertiary/aromatic N) is 5. The van der Waals surface area contributed by atoms with Crippen LogP contribution in [0, 0.1) is 5.92 Å². The molecule has 2 atom stereocenters. The van der Waals surface area contributed by atoms with Crippen LogP contribution >= 0.6 is 15.9 Å². The molecule has 7 heteroatoms. The largest absolute Gasteiger partial charge is 0.371 e. The Balaban J connectivity index is 1.27. The average Bonchev–Trinajstić information content (AvgIpc) is 3.44.